The molecule has 3 rings (SSSR count). The Labute approximate surface area is 109 Å². The zero-order valence-electron chi connectivity index (χ0n) is 11.0. The first-order chi connectivity index (χ1) is 8.83. The maximum absolute atomic E-state index is 4.34. The van der Waals surface area contributed by atoms with E-state index in [9.17, 15) is 0 Å². The zero-order valence-corrected chi connectivity index (χ0v) is 11.0. The lowest BCUT2D eigenvalue weighted by Crippen LogP contribution is -2.29. The van der Waals surface area contributed by atoms with Gasteiger partial charge in [0, 0.05) is 37.2 Å². The molecule has 2 aliphatic rings. The van der Waals surface area contributed by atoms with E-state index in [1.165, 1.54) is 32.4 Å². The van der Waals surface area contributed by atoms with Gasteiger partial charge in [0.1, 0.15) is 0 Å². The maximum Gasteiger partial charge on any atom is 0.0753 e. The minimum atomic E-state index is 0.300. The Morgan fingerprint density at radius 2 is 2.28 bits per heavy atom. The van der Waals surface area contributed by atoms with Gasteiger partial charge in [-0.15, -0.1) is 0 Å². The van der Waals surface area contributed by atoms with Crippen molar-refractivity contribution in [3.05, 3.63) is 24.3 Å². The summed E-state index contributed by atoms with van der Waals surface area (Å²) in [7, 11) is 0. The van der Waals surface area contributed by atoms with Crippen LogP contribution in [0.15, 0.2) is 18.6 Å². The van der Waals surface area contributed by atoms with Gasteiger partial charge in [-0.2, -0.15) is 0 Å². The van der Waals surface area contributed by atoms with Crippen molar-refractivity contribution < 1.29 is 0 Å². The lowest BCUT2D eigenvalue weighted by molar-refractivity contribution is 0.310. The average molecular weight is 246 g/mol. The van der Waals surface area contributed by atoms with Crippen LogP contribution in [-0.2, 0) is 0 Å². The predicted octanol–water partition coefficient (Wildman–Crippen LogP) is 1.61. The summed E-state index contributed by atoms with van der Waals surface area (Å²) in [6.45, 7) is 5.85. The monoisotopic (exact) mass is 246 g/mol. The van der Waals surface area contributed by atoms with Crippen LogP contribution in [0.1, 0.15) is 37.9 Å². The Bertz CT molecular complexity index is 377. The lowest BCUT2D eigenvalue weighted by atomic mass is 10.1. The molecule has 1 N–H and O–H groups in total. The number of hydrogen-bond donors (Lipinski definition) is 1. The first-order valence-electron chi connectivity index (χ1n) is 7.06. The summed E-state index contributed by atoms with van der Waals surface area (Å²) in [6, 6.07) is 1.22. The van der Waals surface area contributed by atoms with Crippen LogP contribution in [0, 0.1) is 5.92 Å². The maximum atomic E-state index is 4.34. The average Bonchev–Trinajstić information content (AvgIpc) is 3.16. The molecule has 1 aliphatic heterocycles. The minimum absolute atomic E-state index is 0.300. The third kappa shape index (κ3) is 2.87. The molecule has 0 amide bonds. The van der Waals surface area contributed by atoms with Gasteiger partial charge in [-0.25, -0.2) is 0 Å². The molecule has 1 saturated heterocycles. The van der Waals surface area contributed by atoms with E-state index in [2.05, 4.69) is 27.1 Å². The van der Waals surface area contributed by atoms with Crippen molar-refractivity contribution in [2.45, 2.75) is 38.3 Å². The van der Waals surface area contributed by atoms with Crippen molar-refractivity contribution >= 4 is 0 Å². The Morgan fingerprint density at radius 3 is 3.00 bits per heavy atom. The number of hydrogen-bond acceptors (Lipinski definition) is 4. The second-order valence-electron chi connectivity index (χ2n) is 5.64. The minimum Gasteiger partial charge on any atom is -0.308 e. The van der Waals surface area contributed by atoms with Crippen LogP contribution >= 0.6 is 0 Å². The first kappa shape index (κ1) is 12.1. The van der Waals surface area contributed by atoms with Crippen molar-refractivity contribution in [2.24, 2.45) is 5.92 Å². The van der Waals surface area contributed by atoms with E-state index < -0.39 is 0 Å². The number of likely N-dealkylation sites (tertiary alicyclic amines) is 1. The number of nitrogens with zero attached hydrogens (tertiary/aromatic N) is 3. The fraction of sp³-hybridized carbons (Fsp3) is 0.714. The molecule has 1 aromatic rings. The molecule has 98 valence electrons. The molecule has 2 unspecified atom stereocenters. The van der Waals surface area contributed by atoms with Crippen LogP contribution in [0.2, 0.25) is 0 Å². The van der Waals surface area contributed by atoms with Gasteiger partial charge in [0.2, 0.25) is 0 Å². The van der Waals surface area contributed by atoms with Crippen LogP contribution < -0.4 is 5.32 Å². The van der Waals surface area contributed by atoms with Gasteiger partial charge in [-0.3, -0.25) is 9.97 Å². The molecule has 0 spiro atoms. The largest absolute Gasteiger partial charge is 0.308 e. The van der Waals surface area contributed by atoms with Gasteiger partial charge in [0.25, 0.3) is 0 Å². The fourth-order valence-corrected chi connectivity index (χ4v) is 2.78. The normalized spacial score (nSPS) is 26.4. The highest BCUT2D eigenvalue weighted by Crippen LogP contribution is 2.31. The zero-order chi connectivity index (χ0) is 12.4. The van der Waals surface area contributed by atoms with Gasteiger partial charge in [0.15, 0.2) is 0 Å². The van der Waals surface area contributed by atoms with E-state index in [0.29, 0.717) is 6.04 Å². The molecule has 0 aromatic carbocycles. The van der Waals surface area contributed by atoms with E-state index in [0.717, 1.165) is 24.2 Å². The predicted molar refractivity (Wildman–Crippen MR) is 71.2 cm³/mol. The molecular weight excluding hydrogens is 224 g/mol. The Kier molecular flexibility index (Phi) is 3.57. The Morgan fingerprint density at radius 1 is 1.39 bits per heavy atom. The second-order valence-corrected chi connectivity index (χ2v) is 5.64. The summed E-state index contributed by atoms with van der Waals surface area (Å²) in [4.78, 5) is 11.1. The molecule has 18 heavy (non-hydrogen) atoms. The highest BCUT2D eigenvalue weighted by molar-refractivity contribution is 5.00. The molecule has 4 heteroatoms. The molecule has 4 nitrogen and oxygen atoms in total. The third-order valence-electron chi connectivity index (χ3n) is 4.12. The fourth-order valence-electron chi connectivity index (χ4n) is 2.78. The van der Waals surface area contributed by atoms with Crippen LogP contribution in [0.5, 0.6) is 0 Å². The van der Waals surface area contributed by atoms with Crippen LogP contribution in [0.4, 0.5) is 0 Å². The molecule has 0 radical (unpaired) electrons. The molecule has 1 aliphatic carbocycles. The number of aromatic nitrogens is 2. The Hall–Kier alpha value is -1.00. The lowest BCUT2D eigenvalue weighted by Gasteiger charge is -2.17. The van der Waals surface area contributed by atoms with Gasteiger partial charge < -0.3 is 10.2 Å². The van der Waals surface area contributed by atoms with Gasteiger partial charge >= 0.3 is 0 Å². The van der Waals surface area contributed by atoms with Crippen molar-refractivity contribution in [1.29, 1.82) is 0 Å². The topological polar surface area (TPSA) is 41.0 Å². The van der Waals surface area contributed by atoms with Gasteiger partial charge in [-0.1, -0.05) is 0 Å². The van der Waals surface area contributed by atoms with Crippen molar-refractivity contribution in [2.75, 3.05) is 19.6 Å². The summed E-state index contributed by atoms with van der Waals surface area (Å²) in [5.41, 5.74) is 1.04. The molecule has 2 atom stereocenters. The second kappa shape index (κ2) is 5.33. The smallest absolute Gasteiger partial charge is 0.0753 e. The first-order valence-corrected chi connectivity index (χ1v) is 7.06. The van der Waals surface area contributed by atoms with Crippen molar-refractivity contribution in [3.8, 4) is 0 Å². The molecule has 1 saturated carbocycles. The quantitative estimate of drug-likeness (QED) is 0.857. The molecule has 0 bridgehead atoms. The SMILES string of the molecule is CC(NCC1CCN(C2CC2)C1)c1cnccn1. The molecule has 2 heterocycles. The summed E-state index contributed by atoms with van der Waals surface area (Å²) in [6.07, 6.45) is 9.53. The number of rotatable bonds is 5. The van der Waals surface area contributed by atoms with E-state index >= 15 is 0 Å². The molecule has 2 fully saturated rings. The van der Waals surface area contributed by atoms with Crippen LogP contribution in [-0.4, -0.2) is 40.5 Å². The van der Waals surface area contributed by atoms with E-state index in [1.807, 2.05) is 6.20 Å². The highest BCUT2D eigenvalue weighted by Gasteiger charge is 2.34. The van der Waals surface area contributed by atoms with Gasteiger partial charge in [0.05, 0.1) is 5.69 Å². The van der Waals surface area contributed by atoms with Crippen molar-refractivity contribution in [3.63, 3.8) is 0 Å². The van der Waals surface area contributed by atoms with Gasteiger partial charge in [-0.05, 0) is 45.2 Å². The van der Waals surface area contributed by atoms with Crippen LogP contribution in [0.25, 0.3) is 0 Å². The van der Waals surface area contributed by atoms with E-state index in [4.69, 9.17) is 0 Å². The number of nitrogens with one attached hydrogen (secondary N) is 1. The summed E-state index contributed by atoms with van der Waals surface area (Å²) in [5, 5.41) is 3.59. The summed E-state index contributed by atoms with van der Waals surface area (Å²) >= 11 is 0. The molecule has 1 aromatic heterocycles. The standard InChI is InChI=1S/C14H22N4/c1-11(14-9-15-5-6-16-14)17-8-12-4-7-18(10-12)13-2-3-13/h5-6,9,11-13,17H,2-4,7-8,10H2,1H3. The van der Waals surface area contributed by atoms with Crippen molar-refractivity contribution in [1.82, 2.24) is 20.2 Å². The van der Waals surface area contributed by atoms with E-state index in [-0.39, 0.29) is 0 Å². The van der Waals surface area contributed by atoms with E-state index in [1.54, 1.807) is 12.4 Å². The summed E-state index contributed by atoms with van der Waals surface area (Å²) in [5.74, 6) is 0.810. The molecular formula is C14H22N4. The third-order valence-corrected chi connectivity index (χ3v) is 4.12. The summed E-state index contributed by atoms with van der Waals surface area (Å²) < 4.78 is 0. The Balaban J connectivity index is 1.44. The van der Waals surface area contributed by atoms with Crippen LogP contribution in [0.3, 0.4) is 0 Å². The highest BCUT2D eigenvalue weighted by atomic mass is 15.2.